The molecule has 1 N–H and O–H groups in total. The first-order chi connectivity index (χ1) is 8.75. The monoisotopic (exact) mass is 239 g/mol. The van der Waals surface area contributed by atoms with Gasteiger partial charge in [0.25, 0.3) is 0 Å². The van der Waals surface area contributed by atoms with Gasteiger partial charge in [0, 0.05) is 6.20 Å². The Morgan fingerprint density at radius 3 is 2.78 bits per heavy atom. The molecule has 0 radical (unpaired) electrons. The molecule has 2 heterocycles. The van der Waals surface area contributed by atoms with Crippen molar-refractivity contribution in [3.05, 3.63) is 48.3 Å². The molecule has 3 rings (SSSR count). The molecular weight excluding hydrogens is 226 g/mol. The van der Waals surface area contributed by atoms with Crippen LogP contribution in [-0.2, 0) is 4.79 Å². The SMILES string of the molecule is Cc1ncccc1N1CC(=O)Nc2ccccc21. The summed E-state index contributed by atoms with van der Waals surface area (Å²) < 4.78 is 0. The molecule has 0 saturated heterocycles. The Morgan fingerprint density at radius 1 is 1.17 bits per heavy atom. The highest BCUT2D eigenvalue weighted by atomic mass is 16.2. The Hall–Kier alpha value is -2.36. The largest absolute Gasteiger partial charge is 0.329 e. The summed E-state index contributed by atoms with van der Waals surface area (Å²) in [5.74, 6) is -0.00282. The molecule has 4 nitrogen and oxygen atoms in total. The highest BCUT2D eigenvalue weighted by molar-refractivity contribution is 6.03. The highest BCUT2D eigenvalue weighted by Gasteiger charge is 2.23. The number of benzene rings is 1. The molecule has 1 aliphatic heterocycles. The van der Waals surface area contributed by atoms with E-state index in [1.807, 2.05) is 48.2 Å². The lowest BCUT2D eigenvalue weighted by molar-refractivity contribution is -0.115. The van der Waals surface area contributed by atoms with Gasteiger partial charge in [-0.3, -0.25) is 9.78 Å². The topological polar surface area (TPSA) is 45.2 Å². The van der Waals surface area contributed by atoms with Crippen LogP contribution >= 0.6 is 0 Å². The summed E-state index contributed by atoms with van der Waals surface area (Å²) in [6.07, 6.45) is 1.76. The summed E-state index contributed by atoms with van der Waals surface area (Å²) in [4.78, 5) is 18.0. The number of hydrogen-bond donors (Lipinski definition) is 1. The molecular formula is C14H13N3O. The number of anilines is 3. The van der Waals surface area contributed by atoms with Gasteiger partial charge in [0.1, 0.15) is 6.54 Å². The molecule has 18 heavy (non-hydrogen) atoms. The summed E-state index contributed by atoms with van der Waals surface area (Å²) in [7, 11) is 0. The second kappa shape index (κ2) is 4.14. The van der Waals surface area contributed by atoms with Crippen molar-refractivity contribution >= 4 is 23.0 Å². The normalized spacial score (nSPS) is 14.1. The number of rotatable bonds is 1. The Bertz CT molecular complexity index is 609. The van der Waals surface area contributed by atoms with E-state index < -0.39 is 0 Å². The molecule has 0 aliphatic carbocycles. The van der Waals surface area contributed by atoms with Gasteiger partial charge in [-0.25, -0.2) is 0 Å². The molecule has 2 aromatic rings. The molecule has 0 bridgehead atoms. The van der Waals surface area contributed by atoms with Crippen LogP contribution in [0.1, 0.15) is 5.69 Å². The van der Waals surface area contributed by atoms with Crippen molar-refractivity contribution in [2.75, 3.05) is 16.8 Å². The molecule has 1 aromatic carbocycles. The summed E-state index contributed by atoms with van der Waals surface area (Å²) in [6.45, 7) is 2.27. The number of carbonyl (C=O) groups excluding carboxylic acids is 1. The first-order valence-corrected chi connectivity index (χ1v) is 5.84. The second-order valence-corrected chi connectivity index (χ2v) is 4.26. The van der Waals surface area contributed by atoms with Crippen molar-refractivity contribution in [1.29, 1.82) is 0 Å². The molecule has 1 aliphatic rings. The van der Waals surface area contributed by atoms with E-state index in [0.29, 0.717) is 6.54 Å². The van der Waals surface area contributed by atoms with Gasteiger partial charge in [-0.15, -0.1) is 0 Å². The van der Waals surface area contributed by atoms with Gasteiger partial charge < -0.3 is 10.2 Å². The minimum Gasteiger partial charge on any atom is -0.329 e. The third-order valence-electron chi connectivity index (χ3n) is 3.04. The van der Waals surface area contributed by atoms with Crippen LogP contribution in [0.4, 0.5) is 17.1 Å². The van der Waals surface area contributed by atoms with Gasteiger partial charge in [-0.1, -0.05) is 12.1 Å². The number of aromatic nitrogens is 1. The van der Waals surface area contributed by atoms with E-state index in [1.165, 1.54) is 0 Å². The summed E-state index contributed by atoms with van der Waals surface area (Å²) in [5, 5.41) is 2.88. The number of fused-ring (bicyclic) bond motifs is 1. The first-order valence-electron chi connectivity index (χ1n) is 5.84. The number of pyridine rings is 1. The van der Waals surface area contributed by atoms with Crippen molar-refractivity contribution in [3.8, 4) is 0 Å². The van der Waals surface area contributed by atoms with E-state index in [4.69, 9.17) is 0 Å². The van der Waals surface area contributed by atoms with Crippen molar-refractivity contribution in [1.82, 2.24) is 4.98 Å². The summed E-state index contributed by atoms with van der Waals surface area (Å²) in [6, 6.07) is 11.7. The third kappa shape index (κ3) is 1.72. The average Bonchev–Trinajstić information content (AvgIpc) is 2.38. The molecule has 0 spiro atoms. The van der Waals surface area contributed by atoms with Gasteiger partial charge in [0.15, 0.2) is 0 Å². The van der Waals surface area contributed by atoms with Crippen molar-refractivity contribution < 1.29 is 4.79 Å². The predicted molar refractivity (Wildman–Crippen MR) is 71.1 cm³/mol. The lowest BCUT2D eigenvalue weighted by atomic mass is 10.1. The van der Waals surface area contributed by atoms with Crippen molar-refractivity contribution in [2.24, 2.45) is 0 Å². The zero-order chi connectivity index (χ0) is 12.5. The third-order valence-corrected chi connectivity index (χ3v) is 3.04. The zero-order valence-corrected chi connectivity index (χ0v) is 10.1. The Morgan fingerprint density at radius 2 is 1.94 bits per heavy atom. The highest BCUT2D eigenvalue weighted by Crippen LogP contribution is 2.35. The van der Waals surface area contributed by atoms with Crippen LogP contribution in [0.3, 0.4) is 0 Å². The van der Waals surface area contributed by atoms with Crippen LogP contribution in [-0.4, -0.2) is 17.4 Å². The molecule has 4 heteroatoms. The zero-order valence-electron chi connectivity index (χ0n) is 10.1. The number of amides is 1. The molecule has 1 aromatic heterocycles. The Labute approximate surface area is 105 Å². The lowest BCUT2D eigenvalue weighted by Crippen LogP contribution is -2.35. The predicted octanol–water partition coefficient (Wildman–Crippen LogP) is 2.48. The van der Waals surface area contributed by atoms with E-state index in [1.54, 1.807) is 6.20 Å². The van der Waals surface area contributed by atoms with Gasteiger partial charge in [-0.05, 0) is 31.2 Å². The van der Waals surface area contributed by atoms with Crippen molar-refractivity contribution in [2.45, 2.75) is 6.92 Å². The van der Waals surface area contributed by atoms with Gasteiger partial charge in [0.05, 0.1) is 22.8 Å². The van der Waals surface area contributed by atoms with E-state index in [2.05, 4.69) is 10.3 Å². The minimum absolute atomic E-state index is 0.00282. The molecule has 90 valence electrons. The minimum atomic E-state index is -0.00282. The Kier molecular flexibility index (Phi) is 2.48. The quantitative estimate of drug-likeness (QED) is 0.831. The van der Waals surface area contributed by atoms with E-state index in [0.717, 1.165) is 22.8 Å². The van der Waals surface area contributed by atoms with E-state index in [-0.39, 0.29) is 5.91 Å². The maximum Gasteiger partial charge on any atom is 0.244 e. The van der Waals surface area contributed by atoms with Gasteiger partial charge in [-0.2, -0.15) is 0 Å². The fraction of sp³-hybridized carbons (Fsp3) is 0.143. The number of nitrogens with zero attached hydrogens (tertiary/aromatic N) is 2. The molecule has 0 atom stereocenters. The van der Waals surface area contributed by atoms with E-state index >= 15 is 0 Å². The second-order valence-electron chi connectivity index (χ2n) is 4.26. The van der Waals surface area contributed by atoms with Gasteiger partial charge in [0.2, 0.25) is 5.91 Å². The van der Waals surface area contributed by atoms with Crippen LogP contribution in [0.15, 0.2) is 42.6 Å². The van der Waals surface area contributed by atoms with Crippen LogP contribution in [0.2, 0.25) is 0 Å². The van der Waals surface area contributed by atoms with Crippen LogP contribution in [0.25, 0.3) is 0 Å². The number of para-hydroxylation sites is 2. The maximum atomic E-state index is 11.7. The fourth-order valence-electron chi connectivity index (χ4n) is 2.21. The number of carbonyl (C=O) groups is 1. The van der Waals surface area contributed by atoms with Crippen molar-refractivity contribution in [3.63, 3.8) is 0 Å². The number of aryl methyl sites for hydroxylation is 1. The molecule has 1 amide bonds. The van der Waals surface area contributed by atoms with Crippen LogP contribution < -0.4 is 10.2 Å². The molecule has 0 fully saturated rings. The smallest absolute Gasteiger partial charge is 0.244 e. The Balaban J connectivity index is 2.13. The summed E-state index contributed by atoms with van der Waals surface area (Å²) >= 11 is 0. The molecule has 0 saturated carbocycles. The average molecular weight is 239 g/mol. The molecule has 0 unspecified atom stereocenters. The van der Waals surface area contributed by atoms with Gasteiger partial charge >= 0.3 is 0 Å². The standard InChI is InChI=1S/C14H13N3O/c1-10-12(7-4-8-15-10)17-9-14(18)16-11-5-2-3-6-13(11)17/h2-8H,9H2,1H3,(H,16,18). The number of nitrogens with one attached hydrogen (secondary N) is 1. The first kappa shape index (κ1) is 10.8. The maximum absolute atomic E-state index is 11.7. The van der Waals surface area contributed by atoms with Crippen LogP contribution in [0, 0.1) is 6.92 Å². The van der Waals surface area contributed by atoms with E-state index in [9.17, 15) is 4.79 Å². The lowest BCUT2D eigenvalue weighted by Gasteiger charge is -2.31. The fourth-order valence-corrected chi connectivity index (χ4v) is 2.21. The van der Waals surface area contributed by atoms with Crippen LogP contribution in [0.5, 0.6) is 0 Å². The summed E-state index contributed by atoms with van der Waals surface area (Å²) in [5.41, 5.74) is 3.74. The number of hydrogen-bond acceptors (Lipinski definition) is 3.